The molecule has 18 heavy (non-hydrogen) atoms. The van der Waals surface area contributed by atoms with Gasteiger partial charge in [-0.2, -0.15) is 0 Å². The van der Waals surface area contributed by atoms with Gasteiger partial charge < -0.3 is 9.47 Å². The van der Waals surface area contributed by atoms with E-state index in [0.29, 0.717) is 6.61 Å². The van der Waals surface area contributed by atoms with Crippen LogP contribution < -0.4 is 9.47 Å². The molecule has 0 aromatic heterocycles. The lowest BCUT2D eigenvalue weighted by atomic mass is 10.1. The summed E-state index contributed by atoms with van der Waals surface area (Å²) in [5, 5.41) is 0. The molecule has 0 saturated carbocycles. The van der Waals surface area contributed by atoms with Crippen LogP contribution in [0.15, 0.2) is 48.5 Å². The van der Waals surface area contributed by atoms with Gasteiger partial charge in [-0.25, -0.2) is 4.39 Å². The second kappa shape index (κ2) is 4.69. The minimum atomic E-state index is -0.340. The summed E-state index contributed by atoms with van der Waals surface area (Å²) in [5.41, 5.74) is 1.18. The standard InChI is InChI=1S/C15H13FO2/c16-13-6-2-4-8-15(13)17-10-12-9-11-5-1-3-7-14(11)18-12/h1-8,12H,9-10H2. The molecule has 2 nitrogen and oxygen atoms in total. The van der Waals surface area contributed by atoms with Crippen molar-refractivity contribution in [2.45, 2.75) is 12.5 Å². The van der Waals surface area contributed by atoms with Crippen molar-refractivity contribution in [3.8, 4) is 11.5 Å². The lowest BCUT2D eigenvalue weighted by Gasteiger charge is -2.12. The Bertz CT molecular complexity index is 529. The molecule has 1 unspecified atom stereocenters. The number of para-hydroxylation sites is 2. The third kappa shape index (κ3) is 2.16. The molecule has 0 fully saturated rings. The van der Waals surface area contributed by atoms with E-state index in [1.165, 1.54) is 11.6 Å². The van der Waals surface area contributed by atoms with Crippen molar-refractivity contribution in [2.75, 3.05) is 6.61 Å². The van der Waals surface area contributed by atoms with Gasteiger partial charge in [-0.15, -0.1) is 0 Å². The molecule has 0 amide bonds. The number of fused-ring (bicyclic) bond motifs is 1. The van der Waals surface area contributed by atoms with Crippen molar-refractivity contribution in [3.63, 3.8) is 0 Å². The minimum Gasteiger partial charge on any atom is -0.487 e. The van der Waals surface area contributed by atoms with Crippen LogP contribution in [0.2, 0.25) is 0 Å². The number of ether oxygens (including phenoxy) is 2. The molecule has 0 spiro atoms. The van der Waals surface area contributed by atoms with E-state index in [4.69, 9.17) is 9.47 Å². The Morgan fingerprint density at radius 3 is 2.72 bits per heavy atom. The van der Waals surface area contributed by atoms with Crippen LogP contribution in [0.1, 0.15) is 5.56 Å². The Labute approximate surface area is 105 Å². The van der Waals surface area contributed by atoms with Gasteiger partial charge in [0.2, 0.25) is 0 Å². The van der Waals surface area contributed by atoms with Crippen molar-refractivity contribution < 1.29 is 13.9 Å². The highest BCUT2D eigenvalue weighted by Gasteiger charge is 2.23. The van der Waals surface area contributed by atoms with Crippen molar-refractivity contribution in [1.29, 1.82) is 0 Å². The van der Waals surface area contributed by atoms with Gasteiger partial charge in [0.1, 0.15) is 18.5 Å². The molecule has 92 valence electrons. The first-order chi connectivity index (χ1) is 8.83. The maximum Gasteiger partial charge on any atom is 0.165 e. The molecule has 1 heterocycles. The van der Waals surface area contributed by atoms with Crippen LogP contribution in [0.25, 0.3) is 0 Å². The van der Waals surface area contributed by atoms with Crippen LogP contribution in [-0.2, 0) is 6.42 Å². The van der Waals surface area contributed by atoms with Gasteiger partial charge in [0.25, 0.3) is 0 Å². The van der Waals surface area contributed by atoms with Crippen LogP contribution in [-0.4, -0.2) is 12.7 Å². The number of hydrogen-bond donors (Lipinski definition) is 0. The van der Waals surface area contributed by atoms with Crippen LogP contribution in [0.4, 0.5) is 4.39 Å². The molecule has 0 aliphatic carbocycles. The van der Waals surface area contributed by atoms with Crippen molar-refractivity contribution >= 4 is 0 Å². The number of benzene rings is 2. The van der Waals surface area contributed by atoms with Gasteiger partial charge in [-0.05, 0) is 23.8 Å². The molecule has 0 saturated heterocycles. The van der Waals surface area contributed by atoms with Gasteiger partial charge in [-0.1, -0.05) is 30.3 Å². The van der Waals surface area contributed by atoms with E-state index in [9.17, 15) is 4.39 Å². The first-order valence-corrected chi connectivity index (χ1v) is 5.95. The lowest BCUT2D eigenvalue weighted by molar-refractivity contribution is 0.145. The lowest BCUT2D eigenvalue weighted by Crippen LogP contribution is -2.22. The summed E-state index contributed by atoms with van der Waals surface area (Å²) < 4.78 is 24.5. The smallest absolute Gasteiger partial charge is 0.165 e. The summed E-state index contributed by atoms with van der Waals surface area (Å²) in [5.74, 6) is 0.838. The third-order valence-electron chi connectivity index (χ3n) is 2.98. The molecule has 0 radical (unpaired) electrons. The molecule has 0 N–H and O–H groups in total. The van der Waals surface area contributed by atoms with Gasteiger partial charge in [0.15, 0.2) is 11.6 Å². The maximum absolute atomic E-state index is 13.4. The van der Waals surface area contributed by atoms with Crippen molar-refractivity contribution in [1.82, 2.24) is 0 Å². The average Bonchev–Trinajstić information content (AvgIpc) is 2.80. The number of rotatable bonds is 3. The normalized spacial score (nSPS) is 17.1. The Kier molecular flexibility index (Phi) is 2.89. The molecule has 1 atom stereocenters. The molecule has 2 aromatic carbocycles. The summed E-state index contributed by atoms with van der Waals surface area (Å²) in [4.78, 5) is 0. The fraction of sp³-hybridized carbons (Fsp3) is 0.200. The van der Waals surface area contributed by atoms with E-state index >= 15 is 0 Å². The zero-order chi connectivity index (χ0) is 12.4. The van der Waals surface area contributed by atoms with Gasteiger partial charge in [0.05, 0.1) is 0 Å². The van der Waals surface area contributed by atoms with E-state index in [1.54, 1.807) is 18.2 Å². The summed E-state index contributed by atoms with van der Waals surface area (Å²) in [6.07, 6.45) is 0.770. The van der Waals surface area contributed by atoms with E-state index in [0.717, 1.165) is 12.2 Å². The van der Waals surface area contributed by atoms with Crippen molar-refractivity contribution in [3.05, 3.63) is 59.9 Å². The zero-order valence-corrected chi connectivity index (χ0v) is 9.80. The first kappa shape index (κ1) is 11.1. The molecule has 1 aliphatic rings. The molecular formula is C15H13FO2. The summed E-state index contributed by atoms with van der Waals surface area (Å²) in [7, 11) is 0. The summed E-state index contributed by atoms with van der Waals surface area (Å²) in [6.45, 7) is 0.357. The highest BCUT2D eigenvalue weighted by Crippen LogP contribution is 2.28. The van der Waals surface area contributed by atoms with Gasteiger partial charge >= 0.3 is 0 Å². The van der Waals surface area contributed by atoms with E-state index in [2.05, 4.69) is 0 Å². The molecule has 0 bridgehead atoms. The van der Waals surface area contributed by atoms with Crippen LogP contribution in [0.3, 0.4) is 0 Å². The maximum atomic E-state index is 13.4. The fourth-order valence-electron chi connectivity index (χ4n) is 2.09. The molecular weight excluding hydrogens is 231 g/mol. The Morgan fingerprint density at radius 2 is 1.89 bits per heavy atom. The zero-order valence-electron chi connectivity index (χ0n) is 9.80. The van der Waals surface area contributed by atoms with Gasteiger partial charge in [0, 0.05) is 6.42 Å². The first-order valence-electron chi connectivity index (χ1n) is 5.95. The summed E-state index contributed by atoms with van der Waals surface area (Å²) in [6, 6.07) is 14.3. The highest BCUT2D eigenvalue weighted by atomic mass is 19.1. The summed E-state index contributed by atoms with van der Waals surface area (Å²) >= 11 is 0. The largest absolute Gasteiger partial charge is 0.487 e. The molecule has 3 rings (SSSR count). The topological polar surface area (TPSA) is 18.5 Å². The molecule has 1 aliphatic heterocycles. The predicted molar refractivity (Wildman–Crippen MR) is 66.5 cm³/mol. The van der Waals surface area contributed by atoms with Crippen molar-refractivity contribution in [2.24, 2.45) is 0 Å². The van der Waals surface area contributed by atoms with E-state index < -0.39 is 0 Å². The highest BCUT2D eigenvalue weighted by molar-refractivity contribution is 5.37. The fourth-order valence-corrected chi connectivity index (χ4v) is 2.09. The Hall–Kier alpha value is -2.03. The average molecular weight is 244 g/mol. The molecule has 3 heteroatoms. The SMILES string of the molecule is Fc1ccccc1OCC1Cc2ccccc2O1. The molecule has 2 aromatic rings. The van der Waals surface area contributed by atoms with E-state index in [1.807, 2.05) is 24.3 Å². The predicted octanol–water partition coefficient (Wildman–Crippen LogP) is 3.21. The van der Waals surface area contributed by atoms with Crippen LogP contribution in [0.5, 0.6) is 11.5 Å². The minimum absolute atomic E-state index is 0.0398. The van der Waals surface area contributed by atoms with Crippen LogP contribution >= 0.6 is 0 Å². The van der Waals surface area contributed by atoms with Gasteiger partial charge in [-0.3, -0.25) is 0 Å². The quantitative estimate of drug-likeness (QED) is 0.825. The third-order valence-corrected chi connectivity index (χ3v) is 2.98. The van der Waals surface area contributed by atoms with Crippen LogP contribution in [0, 0.1) is 5.82 Å². The second-order valence-electron chi connectivity index (χ2n) is 4.29. The number of halogens is 1. The van der Waals surface area contributed by atoms with E-state index in [-0.39, 0.29) is 17.7 Å². The Balaban J connectivity index is 1.62. The monoisotopic (exact) mass is 244 g/mol. The Morgan fingerprint density at radius 1 is 1.11 bits per heavy atom. The second-order valence-corrected chi connectivity index (χ2v) is 4.29. The number of hydrogen-bond acceptors (Lipinski definition) is 2.